The molecule has 0 radical (unpaired) electrons. The van der Waals surface area contributed by atoms with Gasteiger partial charge >= 0.3 is 12.0 Å². The smallest absolute Gasteiger partial charge is 0.335 e. The number of benzene rings is 1. The van der Waals surface area contributed by atoms with Crippen LogP contribution in [0.15, 0.2) is 24.3 Å². The van der Waals surface area contributed by atoms with Gasteiger partial charge in [-0.3, -0.25) is 0 Å². The quantitative estimate of drug-likeness (QED) is 0.790. The van der Waals surface area contributed by atoms with E-state index in [1.807, 2.05) is 0 Å². The number of hydrogen-bond acceptors (Lipinski definition) is 2. The van der Waals surface area contributed by atoms with Crippen molar-refractivity contribution in [2.75, 3.05) is 11.9 Å². The van der Waals surface area contributed by atoms with E-state index in [4.69, 9.17) is 5.11 Å². The Hall–Kier alpha value is -2.04. The van der Waals surface area contributed by atoms with E-state index in [1.54, 1.807) is 12.1 Å². The van der Waals surface area contributed by atoms with E-state index >= 15 is 0 Å². The average Bonchev–Trinajstić information content (AvgIpc) is 2.85. The van der Waals surface area contributed by atoms with Gasteiger partial charge in [0.25, 0.3) is 0 Å². The predicted molar refractivity (Wildman–Crippen MR) is 77.0 cm³/mol. The first kappa shape index (κ1) is 14.4. The number of rotatable bonds is 4. The van der Waals surface area contributed by atoms with Gasteiger partial charge in [-0.05, 0) is 42.5 Å². The van der Waals surface area contributed by atoms with E-state index in [0.717, 1.165) is 12.8 Å². The van der Waals surface area contributed by atoms with Crippen LogP contribution in [0.3, 0.4) is 0 Å². The van der Waals surface area contributed by atoms with E-state index < -0.39 is 5.97 Å². The van der Waals surface area contributed by atoms with Crippen LogP contribution in [-0.4, -0.2) is 23.7 Å². The minimum atomic E-state index is -0.977. The molecule has 1 aromatic rings. The first-order valence-electron chi connectivity index (χ1n) is 6.87. The second-order valence-electron chi connectivity index (χ2n) is 5.71. The van der Waals surface area contributed by atoms with Crippen LogP contribution in [0.4, 0.5) is 10.5 Å². The maximum absolute atomic E-state index is 11.8. The van der Waals surface area contributed by atoms with Gasteiger partial charge in [-0.1, -0.05) is 19.8 Å². The van der Waals surface area contributed by atoms with Gasteiger partial charge in [0.1, 0.15) is 0 Å². The molecule has 20 heavy (non-hydrogen) atoms. The highest BCUT2D eigenvalue weighted by Gasteiger charge is 2.28. The van der Waals surface area contributed by atoms with Crippen molar-refractivity contribution in [1.82, 2.24) is 5.32 Å². The fraction of sp³-hybridized carbons (Fsp3) is 0.467. The summed E-state index contributed by atoms with van der Waals surface area (Å²) in [6.45, 7) is 2.87. The van der Waals surface area contributed by atoms with Gasteiger partial charge in [0.15, 0.2) is 0 Å². The summed E-state index contributed by atoms with van der Waals surface area (Å²) in [5.74, 6) is -0.977. The Labute approximate surface area is 118 Å². The normalized spacial score (nSPS) is 16.6. The fourth-order valence-corrected chi connectivity index (χ4v) is 2.57. The predicted octanol–water partition coefficient (Wildman–Crippen LogP) is 3.09. The molecule has 0 spiro atoms. The summed E-state index contributed by atoms with van der Waals surface area (Å²) >= 11 is 0. The Morgan fingerprint density at radius 2 is 1.80 bits per heavy atom. The molecular formula is C15H20N2O3. The zero-order chi connectivity index (χ0) is 14.6. The van der Waals surface area contributed by atoms with E-state index in [1.165, 1.54) is 25.0 Å². The van der Waals surface area contributed by atoms with Crippen LogP contribution < -0.4 is 10.6 Å². The number of carboxylic acids is 1. The van der Waals surface area contributed by atoms with E-state index in [2.05, 4.69) is 17.6 Å². The summed E-state index contributed by atoms with van der Waals surface area (Å²) < 4.78 is 0. The van der Waals surface area contributed by atoms with Crippen LogP contribution in [0.1, 0.15) is 43.0 Å². The van der Waals surface area contributed by atoms with E-state index in [-0.39, 0.29) is 17.0 Å². The molecule has 0 saturated heterocycles. The Bertz CT molecular complexity index is 490. The Morgan fingerprint density at radius 1 is 1.20 bits per heavy atom. The van der Waals surface area contributed by atoms with Crippen LogP contribution in [-0.2, 0) is 0 Å². The maximum atomic E-state index is 11.8. The van der Waals surface area contributed by atoms with Crippen molar-refractivity contribution in [3.8, 4) is 0 Å². The Morgan fingerprint density at radius 3 is 2.35 bits per heavy atom. The molecule has 1 fully saturated rings. The Balaban J connectivity index is 1.83. The van der Waals surface area contributed by atoms with Crippen molar-refractivity contribution in [2.45, 2.75) is 32.6 Å². The molecule has 3 N–H and O–H groups in total. The molecule has 2 amide bonds. The van der Waals surface area contributed by atoms with Gasteiger partial charge in [-0.15, -0.1) is 0 Å². The van der Waals surface area contributed by atoms with Crippen molar-refractivity contribution < 1.29 is 14.7 Å². The van der Waals surface area contributed by atoms with Gasteiger partial charge < -0.3 is 15.7 Å². The molecule has 0 aliphatic heterocycles. The number of carbonyl (C=O) groups is 2. The highest BCUT2D eigenvalue weighted by Crippen LogP contribution is 2.36. The molecule has 108 valence electrons. The Kier molecular flexibility index (Phi) is 4.27. The second kappa shape index (κ2) is 5.94. The number of nitrogens with one attached hydrogen (secondary N) is 2. The number of anilines is 1. The van der Waals surface area contributed by atoms with Crippen molar-refractivity contribution in [1.29, 1.82) is 0 Å². The third-order valence-electron chi connectivity index (χ3n) is 3.88. The highest BCUT2D eigenvalue weighted by atomic mass is 16.4. The standard InChI is InChI=1S/C15H20N2O3/c1-15(8-2-3-9-15)10-16-14(20)17-12-6-4-11(5-7-12)13(18)19/h4-7H,2-3,8-10H2,1H3,(H,18,19)(H2,16,17,20). The molecule has 0 aromatic heterocycles. The van der Waals surface area contributed by atoms with Crippen LogP contribution in [0, 0.1) is 5.41 Å². The summed E-state index contributed by atoms with van der Waals surface area (Å²) in [5, 5.41) is 14.4. The largest absolute Gasteiger partial charge is 0.478 e. The van der Waals surface area contributed by atoms with Crippen LogP contribution in [0.25, 0.3) is 0 Å². The highest BCUT2D eigenvalue weighted by molar-refractivity contribution is 5.91. The van der Waals surface area contributed by atoms with Crippen molar-refractivity contribution >= 4 is 17.7 Å². The SMILES string of the molecule is CC1(CNC(=O)Nc2ccc(C(=O)O)cc2)CCCC1. The third-order valence-corrected chi connectivity index (χ3v) is 3.88. The third kappa shape index (κ3) is 3.73. The number of aromatic carboxylic acids is 1. The number of carbonyl (C=O) groups excluding carboxylic acids is 1. The van der Waals surface area contributed by atoms with Crippen LogP contribution in [0.2, 0.25) is 0 Å². The van der Waals surface area contributed by atoms with Crippen molar-refractivity contribution in [3.63, 3.8) is 0 Å². The molecule has 0 unspecified atom stereocenters. The molecule has 0 atom stereocenters. The molecule has 1 aliphatic rings. The van der Waals surface area contributed by atoms with E-state index in [9.17, 15) is 9.59 Å². The lowest BCUT2D eigenvalue weighted by atomic mass is 9.89. The van der Waals surface area contributed by atoms with Crippen molar-refractivity contribution in [2.24, 2.45) is 5.41 Å². The summed E-state index contributed by atoms with van der Waals surface area (Å²) in [6, 6.07) is 5.86. The molecule has 1 saturated carbocycles. The summed E-state index contributed by atoms with van der Waals surface area (Å²) in [6.07, 6.45) is 4.77. The first-order valence-corrected chi connectivity index (χ1v) is 6.87. The molecule has 2 rings (SSSR count). The van der Waals surface area contributed by atoms with Gasteiger partial charge in [0, 0.05) is 12.2 Å². The number of carboxylic acid groups (broad SMARTS) is 1. The van der Waals surface area contributed by atoms with Gasteiger partial charge in [-0.2, -0.15) is 0 Å². The zero-order valence-corrected chi connectivity index (χ0v) is 11.6. The monoisotopic (exact) mass is 276 g/mol. The number of urea groups is 1. The minimum absolute atomic E-state index is 0.203. The zero-order valence-electron chi connectivity index (χ0n) is 11.6. The number of hydrogen-bond donors (Lipinski definition) is 3. The lowest BCUT2D eigenvalue weighted by Crippen LogP contribution is -2.36. The minimum Gasteiger partial charge on any atom is -0.478 e. The molecule has 5 heteroatoms. The maximum Gasteiger partial charge on any atom is 0.335 e. The molecule has 5 nitrogen and oxygen atoms in total. The average molecular weight is 276 g/mol. The van der Waals surface area contributed by atoms with Crippen LogP contribution >= 0.6 is 0 Å². The van der Waals surface area contributed by atoms with Gasteiger partial charge in [0.05, 0.1) is 5.56 Å². The number of amides is 2. The van der Waals surface area contributed by atoms with Crippen LogP contribution in [0.5, 0.6) is 0 Å². The molecular weight excluding hydrogens is 256 g/mol. The molecule has 1 aliphatic carbocycles. The second-order valence-corrected chi connectivity index (χ2v) is 5.71. The molecule has 1 aromatic carbocycles. The summed E-state index contributed by atoms with van der Waals surface area (Å²) in [4.78, 5) is 22.5. The molecule has 0 heterocycles. The summed E-state index contributed by atoms with van der Waals surface area (Å²) in [5.41, 5.74) is 1.00. The van der Waals surface area contributed by atoms with Gasteiger partial charge in [-0.25, -0.2) is 9.59 Å². The first-order chi connectivity index (χ1) is 9.48. The van der Waals surface area contributed by atoms with Crippen molar-refractivity contribution in [3.05, 3.63) is 29.8 Å². The molecule has 0 bridgehead atoms. The lowest BCUT2D eigenvalue weighted by Gasteiger charge is -2.23. The summed E-state index contributed by atoms with van der Waals surface area (Å²) in [7, 11) is 0. The van der Waals surface area contributed by atoms with Gasteiger partial charge in [0.2, 0.25) is 0 Å². The topological polar surface area (TPSA) is 78.4 Å². The lowest BCUT2D eigenvalue weighted by molar-refractivity contribution is 0.0697. The fourth-order valence-electron chi connectivity index (χ4n) is 2.57. The van der Waals surface area contributed by atoms with E-state index in [0.29, 0.717) is 12.2 Å².